The molecule has 160 valence electrons. The highest BCUT2D eigenvalue weighted by Crippen LogP contribution is 2.24. The number of benzene rings is 2. The van der Waals surface area contributed by atoms with Crippen molar-refractivity contribution in [2.45, 2.75) is 25.4 Å². The smallest absolute Gasteiger partial charge is 0.253 e. The molecule has 0 radical (unpaired) electrons. The second-order valence-corrected chi connectivity index (χ2v) is 6.66. The Kier molecular flexibility index (Phi) is 6.66. The quantitative estimate of drug-likeness (QED) is 0.421. The number of hydrogen-bond donors (Lipinski definition) is 2. The maximum atomic E-state index is 13.8. The van der Waals surface area contributed by atoms with E-state index in [1.807, 2.05) is 0 Å². The summed E-state index contributed by atoms with van der Waals surface area (Å²) < 4.78 is 72.7. The Labute approximate surface area is 168 Å². The predicted molar refractivity (Wildman–Crippen MR) is 96.3 cm³/mol. The van der Waals surface area contributed by atoms with Gasteiger partial charge < -0.3 is 15.4 Å². The van der Waals surface area contributed by atoms with Crippen LogP contribution < -0.4 is 10.6 Å². The number of anilines is 1. The van der Waals surface area contributed by atoms with Gasteiger partial charge in [0.2, 0.25) is 11.7 Å². The molecule has 0 aromatic heterocycles. The molecule has 10 heteroatoms. The molecule has 3 rings (SSSR count). The molecule has 2 N–H and O–H groups in total. The first-order valence-corrected chi connectivity index (χ1v) is 9.08. The molecule has 1 aliphatic rings. The van der Waals surface area contributed by atoms with Crippen molar-refractivity contribution < 1.29 is 36.3 Å². The molecule has 0 aliphatic carbocycles. The monoisotopic (exact) mass is 428 g/mol. The molecule has 5 nitrogen and oxygen atoms in total. The van der Waals surface area contributed by atoms with Gasteiger partial charge in [-0.1, -0.05) is 12.1 Å². The second-order valence-electron chi connectivity index (χ2n) is 6.66. The fourth-order valence-electron chi connectivity index (χ4n) is 3.06. The number of carbonyl (C=O) groups excluding carboxylic acids is 2. The van der Waals surface area contributed by atoms with Crippen molar-refractivity contribution in [2.24, 2.45) is 0 Å². The Morgan fingerprint density at radius 3 is 2.23 bits per heavy atom. The number of para-hydroxylation sites is 1. The topological polar surface area (TPSA) is 67.4 Å². The van der Waals surface area contributed by atoms with Gasteiger partial charge >= 0.3 is 0 Å². The van der Waals surface area contributed by atoms with Crippen LogP contribution in [0.5, 0.6) is 0 Å². The molecule has 0 saturated carbocycles. The summed E-state index contributed by atoms with van der Waals surface area (Å²) in [5.74, 6) is -12.3. The number of amides is 2. The van der Waals surface area contributed by atoms with Gasteiger partial charge in [0.1, 0.15) is 0 Å². The summed E-state index contributed by atoms with van der Waals surface area (Å²) >= 11 is 0. The van der Waals surface area contributed by atoms with Crippen LogP contribution in [-0.2, 0) is 16.0 Å². The first kappa shape index (κ1) is 21.7. The first-order chi connectivity index (χ1) is 14.3. The maximum absolute atomic E-state index is 13.8. The van der Waals surface area contributed by atoms with E-state index in [1.165, 1.54) is 18.2 Å². The maximum Gasteiger partial charge on any atom is 0.253 e. The summed E-state index contributed by atoms with van der Waals surface area (Å²) in [6, 6.07) is 5.84. The minimum absolute atomic E-state index is 0.0243. The molecule has 1 heterocycles. The van der Waals surface area contributed by atoms with Crippen LogP contribution in [0.1, 0.15) is 28.8 Å². The molecular weight excluding hydrogens is 411 g/mol. The Morgan fingerprint density at radius 2 is 1.60 bits per heavy atom. The molecule has 1 saturated heterocycles. The minimum Gasteiger partial charge on any atom is -0.376 e. The zero-order chi connectivity index (χ0) is 21.8. The van der Waals surface area contributed by atoms with E-state index < -0.39 is 52.9 Å². The van der Waals surface area contributed by atoms with Crippen LogP contribution in [0.4, 0.5) is 27.6 Å². The van der Waals surface area contributed by atoms with Crippen LogP contribution in [0.25, 0.3) is 0 Å². The van der Waals surface area contributed by atoms with Crippen molar-refractivity contribution in [1.82, 2.24) is 5.32 Å². The van der Waals surface area contributed by atoms with Crippen molar-refractivity contribution in [3.05, 3.63) is 64.5 Å². The molecule has 0 bridgehead atoms. The third-order valence-corrected chi connectivity index (χ3v) is 4.60. The summed E-state index contributed by atoms with van der Waals surface area (Å²) in [6.45, 7) is 0.885. The molecule has 1 fully saturated rings. The third kappa shape index (κ3) is 4.59. The third-order valence-electron chi connectivity index (χ3n) is 4.60. The standard InChI is InChI=1S/C20H17F5N2O3/c21-15-12(16(22)18(24)19(25)17(15)23)8-14(28)27-13-6-2-1-5-11(13)20(29)26-9-10-4-3-7-30-10/h1-2,5-6,10H,3-4,7-9H2,(H,26,29)(H,27,28). The fraction of sp³-hybridized carbons (Fsp3) is 0.300. The first-order valence-electron chi connectivity index (χ1n) is 9.08. The summed E-state index contributed by atoms with van der Waals surface area (Å²) in [4.78, 5) is 24.6. The number of carbonyl (C=O) groups is 2. The molecule has 2 aromatic carbocycles. The van der Waals surface area contributed by atoms with Crippen LogP contribution in [0.15, 0.2) is 24.3 Å². The van der Waals surface area contributed by atoms with Gasteiger partial charge in [0, 0.05) is 18.7 Å². The molecule has 0 spiro atoms. The van der Waals surface area contributed by atoms with Gasteiger partial charge in [-0.15, -0.1) is 0 Å². The van der Waals surface area contributed by atoms with Crippen molar-refractivity contribution in [1.29, 1.82) is 0 Å². The van der Waals surface area contributed by atoms with E-state index in [0.29, 0.717) is 6.61 Å². The summed E-state index contributed by atoms with van der Waals surface area (Å²) in [6.07, 6.45) is 0.480. The van der Waals surface area contributed by atoms with E-state index in [-0.39, 0.29) is 23.9 Å². The zero-order valence-electron chi connectivity index (χ0n) is 15.5. The largest absolute Gasteiger partial charge is 0.376 e. The molecule has 2 aromatic rings. The van der Waals surface area contributed by atoms with Gasteiger partial charge in [0.05, 0.1) is 23.8 Å². The Morgan fingerprint density at radius 1 is 0.967 bits per heavy atom. The molecule has 1 aliphatic heterocycles. The Balaban J connectivity index is 1.73. The van der Waals surface area contributed by atoms with Gasteiger partial charge in [-0.25, -0.2) is 22.0 Å². The highest BCUT2D eigenvalue weighted by Gasteiger charge is 2.27. The summed E-state index contributed by atoms with van der Waals surface area (Å²) in [7, 11) is 0. The van der Waals surface area contributed by atoms with Crippen LogP contribution in [0.2, 0.25) is 0 Å². The number of halogens is 5. The Bertz CT molecular complexity index is 948. The highest BCUT2D eigenvalue weighted by atomic mass is 19.2. The van der Waals surface area contributed by atoms with Gasteiger partial charge in [-0.05, 0) is 25.0 Å². The van der Waals surface area contributed by atoms with E-state index in [0.717, 1.165) is 12.8 Å². The lowest BCUT2D eigenvalue weighted by atomic mass is 10.1. The van der Waals surface area contributed by atoms with Crippen LogP contribution in [0, 0.1) is 29.1 Å². The van der Waals surface area contributed by atoms with E-state index in [4.69, 9.17) is 4.74 Å². The van der Waals surface area contributed by atoms with Crippen molar-refractivity contribution in [3.63, 3.8) is 0 Å². The Hall–Kier alpha value is -3.01. The fourth-order valence-corrected chi connectivity index (χ4v) is 3.06. The summed E-state index contributed by atoms with van der Waals surface area (Å²) in [5.41, 5.74) is -1.17. The average molecular weight is 428 g/mol. The molecule has 1 atom stereocenters. The number of ether oxygens (including phenoxy) is 1. The van der Waals surface area contributed by atoms with Crippen LogP contribution in [-0.4, -0.2) is 31.1 Å². The van der Waals surface area contributed by atoms with Crippen molar-refractivity contribution >= 4 is 17.5 Å². The van der Waals surface area contributed by atoms with E-state index in [9.17, 15) is 31.5 Å². The average Bonchev–Trinajstić information content (AvgIpc) is 3.26. The van der Waals surface area contributed by atoms with Gasteiger partial charge in [0.15, 0.2) is 23.3 Å². The molecule has 2 amide bonds. The lowest BCUT2D eigenvalue weighted by Gasteiger charge is -2.14. The number of rotatable bonds is 6. The lowest BCUT2D eigenvalue weighted by Crippen LogP contribution is -2.32. The van der Waals surface area contributed by atoms with Gasteiger partial charge in [0.25, 0.3) is 5.91 Å². The molecule has 1 unspecified atom stereocenters. The molecule has 30 heavy (non-hydrogen) atoms. The van der Waals surface area contributed by atoms with E-state index >= 15 is 0 Å². The van der Waals surface area contributed by atoms with Gasteiger partial charge in [-0.2, -0.15) is 0 Å². The van der Waals surface area contributed by atoms with Crippen molar-refractivity contribution in [3.8, 4) is 0 Å². The normalized spacial score (nSPS) is 15.8. The number of nitrogens with one attached hydrogen (secondary N) is 2. The molecular formula is C20H17F5N2O3. The SMILES string of the molecule is O=C(Cc1c(F)c(F)c(F)c(F)c1F)Nc1ccccc1C(=O)NCC1CCCO1. The second kappa shape index (κ2) is 9.21. The zero-order valence-corrected chi connectivity index (χ0v) is 15.5. The lowest BCUT2D eigenvalue weighted by molar-refractivity contribution is -0.115. The van der Waals surface area contributed by atoms with Crippen LogP contribution in [0.3, 0.4) is 0 Å². The van der Waals surface area contributed by atoms with E-state index in [2.05, 4.69) is 10.6 Å². The number of hydrogen-bond acceptors (Lipinski definition) is 3. The predicted octanol–water partition coefficient (Wildman–Crippen LogP) is 3.47. The van der Waals surface area contributed by atoms with Crippen molar-refractivity contribution in [2.75, 3.05) is 18.5 Å². The van der Waals surface area contributed by atoms with E-state index in [1.54, 1.807) is 6.07 Å². The summed E-state index contributed by atoms with van der Waals surface area (Å²) in [5, 5.41) is 4.94. The highest BCUT2D eigenvalue weighted by molar-refractivity contribution is 6.04. The van der Waals surface area contributed by atoms with Gasteiger partial charge in [-0.3, -0.25) is 9.59 Å². The minimum atomic E-state index is -2.30. The van der Waals surface area contributed by atoms with Crippen LogP contribution >= 0.6 is 0 Å².